The molecule has 1 atom stereocenters. The molecule has 1 saturated heterocycles. The van der Waals surface area contributed by atoms with E-state index in [9.17, 15) is 9.59 Å². The van der Waals surface area contributed by atoms with Gasteiger partial charge in [-0.15, -0.1) is 0 Å². The maximum absolute atomic E-state index is 12.7. The number of likely N-dealkylation sites (N-methyl/N-ethyl adjacent to an activating group) is 1. The minimum atomic E-state index is -0.410. The van der Waals surface area contributed by atoms with E-state index in [0.29, 0.717) is 36.5 Å². The van der Waals surface area contributed by atoms with E-state index >= 15 is 0 Å². The van der Waals surface area contributed by atoms with Crippen molar-refractivity contribution in [3.63, 3.8) is 0 Å². The zero-order chi connectivity index (χ0) is 14.9. The van der Waals surface area contributed by atoms with Crippen LogP contribution in [0.2, 0.25) is 0 Å². The topological polar surface area (TPSA) is 93.2 Å². The molecule has 1 aliphatic rings. The van der Waals surface area contributed by atoms with Crippen LogP contribution in [0.1, 0.15) is 35.9 Å². The van der Waals surface area contributed by atoms with Gasteiger partial charge < -0.3 is 16.0 Å². The maximum Gasteiger partial charge on any atom is 0.274 e. The number of hydrogen-bond donors (Lipinski definition) is 2. The fourth-order valence-corrected chi connectivity index (χ4v) is 2.70. The number of likely N-dealkylation sites (tertiary alicyclic amines) is 1. The van der Waals surface area contributed by atoms with Crippen LogP contribution in [-0.2, 0) is 18.3 Å². The van der Waals surface area contributed by atoms with Crippen LogP contribution in [0.25, 0.3) is 0 Å². The molecule has 7 nitrogen and oxygen atoms in total. The van der Waals surface area contributed by atoms with Gasteiger partial charge in [-0.2, -0.15) is 5.10 Å². The molecule has 2 rings (SSSR count). The van der Waals surface area contributed by atoms with Gasteiger partial charge in [-0.05, 0) is 19.3 Å². The summed E-state index contributed by atoms with van der Waals surface area (Å²) in [4.78, 5) is 26.1. The summed E-state index contributed by atoms with van der Waals surface area (Å²) in [6.07, 6.45) is 2.18. The summed E-state index contributed by atoms with van der Waals surface area (Å²) in [6.45, 7) is 2.51. The summed E-state index contributed by atoms with van der Waals surface area (Å²) in [6, 6.07) is -0.410. The molecular formula is C13H21N5O2. The van der Waals surface area contributed by atoms with Crippen molar-refractivity contribution in [3.8, 4) is 0 Å². The molecule has 0 saturated carbocycles. The van der Waals surface area contributed by atoms with Gasteiger partial charge in [0.25, 0.3) is 5.91 Å². The molecule has 0 aromatic carbocycles. The molecule has 1 aromatic heterocycles. The van der Waals surface area contributed by atoms with Crippen LogP contribution in [0.3, 0.4) is 0 Å². The van der Waals surface area contributed by atoms with E-state index in [1.165, 1.54) is 4.68 Å². The van der Waals surface area contributed by atoms with Crippen molar-refractivity contribution in [1.29, 1.82) is 0 Å². The Morgan fingerprint density at radius 1 is 1.50 bits per heavy atom. The molecule has 1 aliphatic heterocycles. The second kappa shape index (κ2) is 5.52. The smallest absolute Gasteiger partial charge is 0.274 e. The summed E-state index contributed by atoms with van der Waals surface area (Å²) in [5.41, 5.74) is 7.51. The Bertz CT molecular complexity index is 537. The third-order valence-corrected chi connectivity index (χ3v) is 3.76. The lowest BCUT2D eigenvalue weighted by Crippen LogP contribution is -2.45. The van der Waals surface area contributed by atoms with Crippen LogP contribution in [-0.4, -0.2) is 46.1 Å². The second-order valence-corrected chi connectivity index (χ2v) is 4.96. The van der Waals surface area contributed by atoms with E-state index in [4.69, 9.17) is 5.73 Å². The number of aromatic nitrogens is 2. The fourth-order valence-electron chi connectivity index (χ4n) is 2.70. The quantitative estimate of drug-likeness (QED) is 0.809. The highest BCUT2D eigenvalue weighted by atomic mass is 16.2. The highest BCUT2D eigenvalue weighted by Crippen LogP contribution is 2.24. The Morgan fingerprint density at radius 3 is 2.75 bits per heavy atom. The molecule has 2 amide bonds. The molecule has 1 fully saturated rings. The average molecular weight is 279 g/mol. The van der Waals surface area contributed by atoms with Gasteiger partial charge >= 0.3 is 0 Å². The van der Waals surface area contributed by atoms with Crippen LogP contribution in [0.5, 0.6) is 0 Å². The van der Waals surface area contributed by atoms with Gasteiger partial charge in [0.15, 0.2) is 0 Å². The van der Waals surface area contributed by atoms with E-state index in [1.54, 1.807) is 19.0 Å². The van der Waals surface area contributed by atoms with Gasteiger partial charge in [-0.1, -0.05) is 6.92 Å². The van der Waals surface area contributed by atoms with Crippen molar-refractivity contribution in [2.45, 2.75) is 32.2 Å². The number of aryl methyl sites for hydroxylation is 2. The number of nitrogens with one attached hydrogen (secondary N) is 1. The largest absolute Gasteiger partial charge is 0.395 e. The number of carbonyl (C=O) groups excluding carboxylic acids is 2. The van der Waals surface area contributed by atoms with E-state index in [2.05, 4.69) is 10.4 Å². The Balaban J connectivity index is 2.31. The molecule has 0 radical (unpaired) electrons. The van der Waals surface area contributed by atoms with Gasteiger partial charge in [0.2, 0.25) is 5.91 Å². The van der Waals surface area contributed by atoms with Crippen molar-refractivity contribution < 1.29 is 9.59 Å². The Labute approximate surface area is 118 Å². The highest BCUT2D eigenvalue weighted by Gasteiger charge is 2.36. The normalized spacial score (nSPS) is 18.4. The van der Waals surface area contributed by atoms with Crippen LogP contribution >= 0.6 is 0 Å². The molecule has 2 heterocycles. The number of nitrogens with two attached hydrogens (primary N) is 1. The first-order valence-electron chi connectivity index (χ1n) is 6.85. The number of nitrogen functional groups attached to an aromatic ring is 1. The molecular weight excluding hydrogens is 258 g/mol. The molecule has 1 unspecified atom stereocenters. The lowest BCUT2D eigenvalue weighted by atomic mass is 10.2. The number of carbonyl (C=O) groups is 2. The summed E-state index contributed by atoms with van der Waals surface area (Å²) >= 11 is 0. The van der Waals surface area contributed by atoms with Crippen LogP contribution < -0.4 is 11.1 Å². The molecule has 0 aliphatic carbocycles. The standard InChI is InChI=1S/C13H21N5O2/c1-4-8-10(14)11(17(3)16-8)13(20)18-7-5-6-9(18)12(19)15-2/h9H,4-7,14H2,1-3H3,(H,15,19). The SMILES string of the molecule is CCc1nn(C)c(C(=O)N2CCCC2C(=O)NC)c1N. The first-order chi connectivity index (χ1) is 9.51. The molecule has 0 bridgehead atoms. The molecule has 20 heavy (non-hydrogen) atoms. The second-order valence-electron chi connectivity index (χ2n) is 4.96. The Kier molecular flexibility index (Phi) is 3.96. The monoisotopic (exact) mass is 279 g/mol. The van der Waals surface area contributed by atoms with Crippen LogP contribution in [0.4, 0.5) is 5.69 Å². The zero-order valence-electron chi connectivity index (χ0n) is 12.1. The fraction of sp³-hybridized carbons (Fsp3) is 0.615. The Morgan fingerprint density at radius 2 is 2.20 bits per heavy atom. The van der Waals surface area contributed by atoms with Gasteiger partial charge in [0.1, 0.15) is 11.7 Å². The minimum absolute atomic E-state index is 0.132. The third-order valence-electron chi connectivity index (χ3n) is 3.76. The predicted molar refractivity (Wildman–Crippen MR) is 75.1 cm³/mol. The van der Waals surface area contributed by atoms with E-state index in [0.717, 1.165) is 6.42 Å². The highest BCUT2D eigenvalue weighted by molar-refractivity contribution is 6.00. The van der Waals surface area contributed by atoms with Gasteiger partial charge in [0, 0.05) is 20.6 Å². The summed E-state index contributed by atoms with van der Waals surface area (Å²) in [7, 11) is 3.28. The van der Waals surface area contributed by atoms with Crippen molar-refractivity contribution in [3.05, 3.63) is 11.4 Å². The lowest BCUT2D eigenvalue weighted by molar-refractivity contribution is -0.124. The van der Waals surface area contributed by atoms with Crippen molar-refractivity contribution >= 4 is 17.5 Å². The number of rotatable bonds is 3. The summed E-state index contributed by atoms with van der Waals surface area (Å²) in [5, 5.41) is 6.86. The van der Waals surface area contributed by atoms with Crippen molar-refractivity contribution in [1.82, 2.24) is 20.0 Å². The summed E-state index contributed by atoms with van der Waals surface area (Å²) in [5.74, 6) is -0.351. The van der Waals surface area contributed by atoms with E-state index < -0.39 is 6.04 Å². The lowest BCUT2D eigenvalue weighted by Gasteiger charge is -2.23. The first-order valence-corrected chi connectivity index (χ1v) is 6.85. The van der Waals surface area contributed by atoms with Gasteiger partial charge in [-0.3, -0.25) is 14.3 Å². The number of anilines is 1. The van der Waals surface area contributed by atoms with Crippen molar-refractivity contribution in [2.24, 2.45) is 7.05 Å². The van der Waals surface area contributed by atoms with E-state index in [1.807, 2.05) is 6.92 Å². The third kappa shape index (κ3) is 2.23. The summed E-state index contributed by atoms with van der Waals surface area (Å²) < 4.78 is 1.51. The average Bonchev–Trinajstić information content (AvgIpc) is 3.02. The molecule has 3 N–H and O–H groups in total. The molecule has 110 valence electrons. The number of hydrogen-bond acceptors (Lipinski definition) is 4. The molecule has 1 aromatic rings. The first kappa shape index (κ1) is 14.4. The van der Waals surface area contributed by atoms with Gasteiger partial charge in [0.05, 0.1) is 11.4 Å². The Hall–Kier alpha value is -2.05. The van der Waals surface area contributed by atoms with Gasteiger partial charge in [-0.25, -0.2) is 0 Å². The predicted octanol–water partition coefficient (Wildman–Crippen LogP) is -0.0847. The van der Waals surface area contributed by atoms with Crippen LogP contribution in [0.15, 0.2) is 0 Å². The number of nitrogens with zero attached hydrogens (tertiary/aromatic N) is 3. The number of amides is 2. The van der Waals surface area contributed by atoms with Crippen molar-refractivity contribution in [2.75, 3.05) is 19.3 Å². The molecule has 7 heteroatoms. The van der Waals surface area contributed by atoms with E-state index in [-0.39, 0.29) is 11.8 Å². The molecule has 0 spiro atoms. The van der Waals surface area contributed by atoms with Crippen LogP contribution in [0, 0.1) is 0 Å². The minimum Gasteiger partial charge on any atom is -0.395 e. The zero-order valence-corrected chi connectivity index (χ0v) is 12.1. The maximum atomic E-state index is 12.7.